The summed E-state index contributed by atoms with van der Waals surface area (Å²) in [5.41, 5.74) is 0.377. The highest BCUT2D eigenvalue weighted by atomic mass is 35.5. The van der Waals surface area contributed by atoms with Gasteiger partial charge in [0.15, 0.2) is 5.82 Å². The van der Waals surface area contributed by atoms with Crippen molar-refractivity contribution in [2.45, 2.75) is 6.54 Å². The maximum atomic E-state index is 12.3. The molecule has 128 valence electrons. The molecule has 0 radical (unpaired) electrons. The summed E-state index contributed by atoms with van der Waals surface area (Å²) in [5, 5.41) is 6.67. The summed E-state index contributed by atoms with van der Waals surface area (Å²) in [6, 6.07) is 6.40. The molecule has 3 aromatic rings. The van der Waals surface area contributed by atoms with Crippen LogP contribution >= 0.6 is 11.6 Å². The lowest BCUT2D eigenvalue weighted by atomic mass is 10.3. The molecule has 0 saturated carbocycles. The summed E-state index contributed by atoms with van der Waals surface area (Å²) in [5.74, 6) is -0.638. The van der Waals surface area contributed by atoms with E-state index >= 15 is 0 Å². The van der Waals surface area contributed by atoms with Gasteiger partial charge in [0.2, 0.25) is 11.7 Å². The molecule has 1 N–H and O–H groups in total. The first kappa shape index (κ1) is 16.7. The summed E-state index contributed by atoms with van der Waals surface area (Å²) in [7, 11) is 1.47. The van der Waals surface area contributed by atoms with Crippen molar-refractivity contribution < 1.29 is 14.1 Å². The molecule has 0 bridgehead atoms. The molecule has 3 rings (SSSR count). The van der Waals surface area contributed by atoms with Gasteiger partial charge in [0.05, 0.1) is 12.8 Å². The minimum absolute atomic E-state index is 0.0545. The molecule has 0 aliphatic rings. The van der Waals surface area contributed by atoms with Crippen molar-refractivity contribution in [3.05, 3.63) is 52.2 Å². The summed E-state index contributed by atoms with van der Waals surface area (Å²) in [6.07, 6.45) is 2.98. The van der Waals surface area contributed by atoms with E-state index < -0.39 is 11.7 Å². The van der Waals surface area contributed by atoms with Crippen LogP contribution in [-0.2, 0) is 11.3 Å². The van der Waals surface area contributed by atoms with Crippen LogP contribution in [0, 0.1) is 0 Å². The Kier molecular flexibility index (Phi) is 4.75. The van der Waals surface area contributed by atoms with Gasteiger partial charge in [-0.25, -0.2) is 19.3 Å². The monoisotopic (exact) mass is 361 g/mol. The van der Waals surface area contributed by atoms with Gasteiger partial charge in [-0.15, -0.1) is 0 Å². The fourth-order valence-electron chi connectivity index (χ4n) is 2.09. The highest BCUT2D eigenvalue weighted by Gasteiger charge is 2.18. The van der Waals surface area contributed by atoms with E-state index in [2.05, 4.69) is 25.0 Å². The van der Waals surface area contributed by atoms with Gasteiger partial charge in [-0.1, -0.05) is 16.8 Å². The van der Waals surface area contributed by atoms with Crippen molar-refractivity contribution >= 4 is 23.2 Å². The molecule has 1 aromatic carbocycles. The number of carbonyl (C=O) groups is 1. The second-order valence-corrected chi connectivity index (χ2v) is 5.26. The predicted octanol–water partition coefficient (Wildman–Crippen LogP) is 1.59. The molecule has 0 atom stereocenters. The quantitative estimate of drug-likeness (QED) is 0.734. The van der Waals surface area contributed by atoms with Gasteiger partial charge in [0, 0.05) is 17.4 Å². The predicted molar refractivity (Wildman–Crippen MR) is 88.4 cm³/mol. The summed E-state index contributed by atoms with van der Waals surface area (Å²) in [6.45, 7) is -0.342. The highest BCUT2D eigenvalue weighted by molar-refractivity contribution is 6.31. The van der Waals surface area contributed by atoms with Gasteiger partial charge in [-0.05, 0) is 24.3 Å². The number of amides is 1. The molecule has 25 heavy (non-hydrogen) atoms. The number of anilines is 1. The number of ether oxygens (including phenoxy) is 1. The molecular formula is C15H12ClN5O4. The van der Waals surface area contributed by atoms with Gasteiger partial charge in [-0.2, -0.15) is 0 Å². The maximum absolute atomic E-state index is 12.3. The molecule has 2 heterocycles. The largest absolute Gasteiger partial charge is 0.495 e. The normalized spacial score (nSPS) is 10.5. The van der Waals surface area contributed by atoms with Crippen molar-refractivity contribution in [1.29, 1.82) is 0 Å². The van der Waals surface area contributed by atoms with Gasteiger partial charge >= 0.3 is 5.76 Å². The Morgan fingerprint density at radius 1 is 1.36 bits per heavy atom. The Labute approximate surface area is 146 Å². The van der Waals surface area contributed by atoms with Crippen molar-refractivity contribution in [2.24, 2.45) is 0 Å². The fraction of sp³-hybridized carbons (Fsp3) is 0.133. The highest BCUT2D eigenvalue weighted by Crippen LogP contribution is 2.27. The number of carbonyl (C=O) groups excluding carboxylic acids is 1. The van der Waals surface area contributed by atoms with E-state index in [1.165, 1.54) is 25.6 Å². The van der Waals surface area contributed by atoms with Crippen LogP contribution in [0.2, 0.25) is 5.02 Å². The Balaban J connectivity index is 1.84. The summed E-state index contributed by atoms with van der Waals surface area (Å²) in [4.78, 5) is 32.1. The lowest BCUT2D eigenvalue weighted by molar-refractivity contribution is -0.116. The number of nitrogens with one attached hydrogen (secondary N) is 1. The van der Waals surface area contributed by atoms with Crippen molar-refractivity contribution in [3.63, 3.8) is 0 Å². The zero-order chi connectivity index (χ0) is 17.8. The van der Waals surface area contributed by atoms with Gasteiger partial charge in [-0.3, -0.25) is 9.32 Å². The number of halogens is 1. The van der Waals surface area contributed by atoms with E-state index in [-0.39, 0.29) is 18.2 Å². The van der Waals surface area contributed by atoms with E-state index in [0.717, 1.165) is 4.57 Å². The molecule has 0 unspecified atom stereocenters. The third-order valence-corrected chi connectivity index (χ3v) is 3.42. The molecule has 2 aromatic heterocycles. The van der Waals surface area contributed by atoms with Gasteiger partial charge in [0.1, 0.15) is 12.3 Å². The number of rotatable bonds is 5. The van der Waals surface area contributed by atoms with Crippen molar-refractivity contribution in [1.82, 2.24) is 19.7 Å². The van der Waals surface area contributed by atoms with Crippen LogP contribution in [0.25, 0.3) is 11.6 Å². The number of methoxy groups -OCH3 is 1. The van der Waals surface area contributed by atoms with E-state index in [1.54, 1.807) is 18.2 Å². The molecule has 10 heteroatoms. The smallest absolute Gasteiger partial charge is 0.442 e. The van der Waals surface area contributed by atoms with E-state index in [4.69, 9.17) is 16.3 Å². The molecular weight excluding hydrogens is 350 g/mol. The first-order chi connectivity index (χ1) is 12.1. The van der Waals surface area contributed by atoms with Crippen molar-refractivity contribution in [2.75, 3.05) is 12.4 Å². The van der Waals surface area contributed by atoms with E-state index in [1.807, 2.05) is 0 Å². The molecule has 0 aliphatic heterocycles. The standard InChI is InChI=1S/C15H12ClN5O4/c1-24-11-4-3-9(16)7-10(11)19-12(22)8-21-14(20-25-15(21)23)13-17-5-2-6-18-13/h2-7H,8H2,1H3,(H,19,22). The number of hydrogen-bond acceptors (Lipinski definition) is 7. The lowest BCUT2D eigenvalue weighted by Crippen LogP contribution is -2.26. The summed E-state index contributed by atoms with van der Waals surface area (Å²) < 4.78 is 10.8. The Morgan fingerprint density at radius 3 is 2.84 bits per heavy atom. The Morgan fingerprint density at radius 2 is 2.12 bits per heavy atom. The van der Waals surface area contributed by atoms with Crippen LogP contribution < -0.4 is 15.8 Å². The lowest BCUT2D eigenvalue weighted by Gasteiger charge is -2.10. The topological polar surface area (TPSA) is 112 Å². The molecule has 0 saturated heterocycles. The summed E-state index contributed by atoms with van der Waals surface area (Å²) >= 11 is 5.93. The van der Waals surface area contributed by atoms with Gasteiger partial charge in [0.25, 0.3) is 0 Å². The first-order valence-corrected chi connectivity index (χ1v) is 7.43. The minimum atomic E-state index is -0.796. The molecule has 9 nitrogen and oxygen atoms in total. The number of benzene rings is 1. The van der Waals surface area contributed by atoms with Crippen LogP contribution in [0.4, 0.5) is 5.69 Å². The van der Waals surface area contributed by atoms with Crippen LogP contribution in [0.3, 0.4) is 0 Å². The van der Waals surface area contributed by atoms with Crippen LogP contribution in [0.1, 0.15) is 0 Å². The van der Waals surface area contributed by atoms with Crippen LogP contribution in [0.5, 0.6) is 5.75 Å². The fourth-order valence-corrected chi connectivity index (χ4v) is 2.27. The zero-order valence-electron chi connectivity index (χ0n) is 13.0. The second kappa shape index (κ2) is 7.14. The van der Waals surface area contributed by atoms with Crippen LogP contribution in [0.15, 0.2) is 46.0 Å². The van der Waals surface area contributed by atoms with Crippen molar-refractivity contribution in [3.8, 4) is 17.4 Å². The van der Waals surface area contributed by atoms with Crippen LogP contribution in [-0.4, -0.2) is 32.7 Å². The number of nitrogens with zero attached hydrogens (tertiary/aromatic N) is 4. The van der Waals surface area contributed by atoms with E-state index in [9.17, 15) is 9.59 Å². The average molecular weight is 362 g/mol. The van der Waals surface area contributed by atoms with E-state index in [0.29, 0.717) is 16.5 Å². The molecule has 0 aliphatic carbocycles. The minimum Gasteiger partial charge on any atom is -0.495 e. The zero-order valence-corrected chi connectivity index (χ0v) is 13.7. The SMILES string of the molecule is COc1ccc(Cl)cc1NC(=O)Cn1c(-c2ncccn2)noc1=O. The molecule has 1 amide bonds. The average Bonchev–Trinajstić information content (AvgIpc) is 2.96. The Hall–Kier alpha value is -3.20. The first-order valence-electron chi connectivity index (χ1n) is 7.06. The molecule has 0 spiro atoms. The number of aromatic nitrogens is 4. The van der Waals surface area contributed by atoms with Gasteiger partial charge < -0.3 is 10.1 Å². The third kappa shape index (κ3) is 3.66. The third-order valence-electron chi connectivity index (χ3n) is 3.19. The Bertz CT molecular complexity index is 954. The number of hydrogen-bond donors (Lipinski definition) is 1. The maximum Gasteiger partial charge on any atom is 0.442 e. The molecule has 0 fully saturated rings. The second-order valence-electron chi connectivity index (χ2n) is 4.82.